The van der Waals surface area contributed by atoms with Gasteiger partial charge in [-0.15, -0.1) is 0 Å². The van der Waals surface area contributed by atoms with Crippen LogP contribution in [0, 0.1) is 0 Å². The fraction of sp³-hybridized carbons (Fsp3) is 0.0556. The van der Waals surface area contributed by atoms with E-state index in [1.54, 1.807) is 23.9 Å². The second kappa shape index (κ2) is 8.14. The standard InChI is InChI=1S/C36H24N2O2/c1-37-33(29-15-7-13-25-23-11-5-3-9-21(23)17-19-27(25)29)31-32(35(37)39)34(38(2)36(31)40)30-16-8-14-26-24-12-6-4-10-22(24)18-20-28(26)30/h3-20H,1-2H3. The van der Waals surface area contributed by atoms with Crippen molar-refractivity contribution in [2.24, 2.45) is 0 Å². The first-order valence-electron chi connectivity index (χ1n) is 13.4. The Balaban J connectivity index is 1.43. The third-order valence-corrected chi connectivity index (χ3v) is 8.51. The lowest BCUT2D eigenvalue weighted by Gasteiger charge is -2.21. The van der Waals surface area contributed by atoms with Crippen LogP contribution >= 0.6 is 0 Å². The molecule has 8 rings (SSSR count). The third-order valence-electron chi connectivity index (χ3n) is 8.51. The Morgan fingerprint density at radius 3 is 1.25 bits per heavy atom. The first-order valence-corrected chi connectivity index (χ1v) is 13.4. The van der Waals surface area contributed by atoms with E-state index in [4.69, 9.17) is 0 Å². The Bertz CT molecular complexity index is 2030. The number of nitrogens with zero attached hydrogens (tertiary/aromatic N) is 2. The Kier molecular flexibility index (Phi) is 4.63. The highest BCUT2D eigenvalue weighted by molar-refractivity contribution is 6.32. The Hall–Kier alpha value is -5.22. The molecule has 2 aliphatic rings. The number of rotatable bonds is 2. The minimum absolute atomic E-state index is 0.159. The predicted molar refractivity (Wildman–Crippen MR) is 162 cm³/mol. The van der Waals surface area contributed by atoms with Gasteiger partial charge in [0.2, 0.25) is 0 Å². The average Bonchev–Trinajstić information content (AvgIpc) is 3.40. The molecule has 0 aliphatic carbocycles. The number of carbonyl (C=O) groups excluding carboxylic acids is 2. The van der Waals surface area contributed by atoms with Gasteiger partial charge in [0.25, 0.3) is 11.8 Å². The molecule has 6 aromatic carbocycles. The van der Waals surface area contributed by atoms with E-state index in [1.807, 2.05) is 48.5 Å². The fourth-order valence-electron chi connectivity index (χ4n) is 6.65. The average molecular weight is 517 g/mol. The SMILES string of the molecule is CN1C(=O)C2=C(c3cccc4c3ccc3ccccc34)N(C)C(=O)C2=C1c1cccc2c1ccc1ccccc12. The second-order valence-electron chi connectivity index (χ2n) is 10.6. The molecule has 2 aliphatic heterocycles. The molecule has 0 aromatic heterocycles. The van der Waals surface area contributed by atoms with Gasteiger partial charge >= 0.3 is 0 Å². The Morgan fingerprint density at radius 2 is 0.800 bits per heavy atom. The quantitative estimate of drug-likeness (QED) is 0.226. The molecule has 4 nitrogen and oxygen atoms in total. The van der Waals surface area contributed by atoms with Crippen LogP contribution in [0.2, 0.25) is 0 Å². The summed E-state index contributed by atoms with van der Waals surface area (Å²) in [6.45, 7) is 0. The number of benzene rings is 6. The van der Waals surface area contributed by atoms with Gasteiger partial charge in [0.15, 0.2) is 0 Å². The van der Waals surface area contributed by atoms with Crippen LogP contribution in [0.5, 0.6) is 0 Å². The van der Waals surface area contributed by atoms with Crippen LogP contribution in [-0.2, 0) is 9.59 Å². The molecule has 0 unspecified atom stereocenters. The molecule has 6 aromatic rings. The van der Waals surface area contributed by atoms with Gasteiger partial charge in [-0.2, -0.15) is 0 Å². The lowest BCUT2D eigenvalue weighted by atomic mass is 9.94. The van der Waals surface area contributed by atoms with Gasteiger partial charge in [-0.3, -0.25) is 9.59 Å². The highest BCUT2D eigenvalue weighted by atomic mass is 16.2. The predicted octanol–water partition coefficient (Wildman–Crippen LogP) is 7.37. The molecule has 0 radical (unpaired) electrons. The van der Waals surface area contributed by atoms with Crippen LogP contribution in [0.25, 0.3) is 54.5 Å². The van der Waals surface area contributed by atoms with Crippen LogP contribution in [0.15, 0.2) is 120 Å². The monoisotopic (exact) mass is 516 g/mol. The van der Waals surface area contributed by atoms with Crippen LogP contribution in [0.1, 0.15) is 11.1 Å². The highest BCUT2D eigenvalue weighted by Crippen LogP contribution is 2.48. The topological polar surface area (TPSA) is 40.6 Å². The van der Waals surface area contributed by atoms with Crippen LogP contribution in [-0.4, -0.2) is 35.7 Å². The molecule has 2 heterocycles. The third kappa shape index (κ3) is 2.90. The minimum Gasteiger partial charge on any atom is -0.310 e. The van der Waals surface area contributed by atoms with Gasteiger partial charge < -0.3 is 9.80 Å². The number of hydrogen-bond acceptors (Lipinski definition) is 2. The number of hydrogen-bond donors (Lipinski definition) is 0. The highest BCUT2D eigenvalue weighted by Gasteiger charge is 2.47. The van der Waals surface area contributed by atoms with Crippen LogP contribution < -0.4 is 0 Å². The van der Waals surface area contributed by atoms with E-state index in [9.17, 15) is 9.59 Å². The molecule has 0 N–H and O–H groups in total. The number of fused-ring (bicyclic) bond motifs is 7. The lowest BCUT2D eigenvalue weighted by molar-refractivity contribution is -0.123. The number of likely N-dealkylation sites (N-methyl/N-ethyl adjacent to an activating group) is 2. The molecule has 0 spiro atoms. The van der Waals surface area contributed by atoms with Gasteiger partial charge in [0.05, 0.1) is 22.5 Å². The molecule has 0 saturated carbocycles. The molecular formula is C36H24N2O2. The normalized spacial score (nSPS) is 15.6. The van der Waals surface area contributed by atoms with Crippen LogP contribution in [0.3, 0.4) is 0 Å². The summed E-state index contributed by atoms with van der Waals surface area (Å²) in [5.74, 6) is -0.318. The van der Waals surface area contributed by atoms with E-state index < -0.39 is 0 Å². The summed E-state index contributed by atoms with van der Waals surface area (Å²) in [5.41, 5.74) is 4.05. The van der Waals surface area contributed by atoms with Crippen molar-refractivity contribution in [3.05, 3.63) is 131 Å². The summed E-state index contributed by atoms with van der Waals surface area (Å²) in [5, 5.41) is 8.84. The Labute approximate surface area is 231 Å². The van der Waals surface area contributed by atoms with Gasteiger partial charge in [-0.25, -0.2) is 0 Å². The lowest BCUT2D eigenvalue weighted by Crippen LogP contribution is -2.25. The summed E-state index contributed by atoms with van der Waals surface area (Å²) < 4.78 is 0. The summed E-state index contributed by atoms with van der Waals surface area (Å²) in [6, 6.07) is 37.3. The Morgan fingerprint density at radius 1 is 0.400 bits per heavy atom. The van der Waals surface area contributed by atoms with Gasteiger partial charge in [-0.1, -0.05) is 109 Å². The zero-order chi connectivity index (χ0) is 27.1. The molecule has 0 atom stereocenters. The van der Waals surface area contributed by atoms with Gasteiger partial charge in [0, 0.05) is 25.2 Å². The van der Waals surface area contributed by atoms with E-state index in [0.29, 0.717) is 22.5 Å². The maximum Gasteiger partial charge on any atom is 0.261 e. The van der Waals surface area contributed by atoms with E-state index in [0.717, 1.165) is 54.2 Å². The molecule has 4 heteroatoms. The van der Waals surface area contributed by atoms with Crippen molar-refractivity contribution in [1.29, 1.82) is 0 Å². The molecule has 0 saturated heterocycles. The van der Waals surface area contributed by atoms with Crippen molar-refractivity contribution in [2.75, 3.05) is 14.1 Å². The smallest absolute Gasteiger partial charge is 0.261 e. The van der Waals surface area contributed by atoms with E-state index in [2.05, 4.69) is 60.7 Å². The first-order chi connectivity index (χ1) is 19.5. The zero-order valence-electron chi connectivity index (χ0n) is 22.1. The summed E-state index contributed by atoms with van der Waals surface area (Å²) in [6.07, 6.45) is 0. The largest absolute Gasteiger partial charge is 0.310 e. The van der Waals surface area contributed by atoms with E-state index in [1.165, 1.54) is 0 Å². The van der Waals surface area contributed by atoms with Crippen molar-refractivity contribution in [2.45, 2.75) is 0 Å². The maximum atomic E-state index is 14.0. The van der Waals surface area contributed by atoms with Crippen molar-refractivity contribution in [1.82, 2.24) is 9.80 Å². The molecule has 40 heavy (non-hydrogen) atoms. The van der Waals surface area contributed by atoms with Crippen molar-refractivity contribution in [3.63, 3.8) is 0 Å². The van der Waals surface area contributed by atoms with E-state index in [-0.39, 0.29) is 11.8 Å². The first kappa shape index (κ1) is 22.7. The number of carbonyl (C=O) groups is 2. The van der Waals surface area contributed by atoms with Gasteiger partial charge in [0.1, 0.15) is 0 Å². The summed E-state index contributed by atoms with van der Waals surface area (Å²) in [4.78, 5) is 31.3. The summed E-state index contributed by atoms with van der Waals surface area (Å²) >= 11 is 0. The fourth-order valence-corrected chi connectivity index (χ4v) is 6.65. The van der Waals surface area contributed by atoms with Gasteiger partial charge in [-0.05, 0) is 43.1 Å². The molecule has 190 valence electrons. The van der Waals surface area contributed by atoms with Crippen molar-refractivity contribution in [3.8, 4) is 0 Å². The molecule has 0 fully saturated rings. The molecule has 2 amide bonds. The summed E-state index contributed by atoms with van der Waals surface area (Å²) in [7, 11) is 3.55. The maximum absolute atomic E-state index is 14.0. The minimum atomic E-state index is -0.159. The zero-order valence-corrected chi connectivity index (χ0v) is 22.1. The van der Waals surface area contributed by atoms with E-state index >= 15 is 0 Å². The molecule has 0 bridgehead atoms. The molecular weight excluding hydrogens is 492 g/mol. The van der Waals surface area contributed by atoms with Crippen molar-refractivity contribution < 1.29 is 9.59 Å². The second-order valence-corrected chi connectivity index (χ2v) is 10.6. The van der Waals surface area contributed by atoms with Crippen LogP contribution in [0.4, 0.5) is 0 Å². The van der Waals surface area contributed by atoms with Crippen molar-refractivity contribution >= 4 is 66.3 Å². The number of amides is 2.